The summed E-state index contributed by atoms with van der Waals surface area (Å²) in [5.74, 6) is 0. The van der Waals surface area contributed by atoms with Crippen LogP contribution in [-0.2, 0) is 0 Å². The standard InChI is InChI=1S/C13H13BrN2/c1-9-5-11(15)8-13(6-9)16-12-4-2-3-10(14)7-12/h2-8,16H,15H2,1H3. The summed E-state index contributed by atoms with van der Waals surface area (Å²) in [6.07, 6.45) is 0. The maximum absolute atomic E-state index is 5.79. The maximum Gasteiger partial charge on any atom is 0.0407 e. The van der Waals surface area contributed by atoms with Crippen LogP contribution >= 0.6 is 15.9 Å². The number of anilines is 3. The highest BCUT2D eigenvalue weighted by atomic mass is 79.9. The Morgan fingerprint density at radius 3 is 2.56 bits per heavy atom. The highest BCUT2D eigenvalue weighted by molar-refractivity contribution is 9.10. The van der Waals surface area contributed by atoms with E-state index in [0.717, 1.165) is 27.1 Å². The molecule has 0 atom stereocenters. The molecule has 0 saturated carbocycles. The lowest BCUT2D eigenvalue weighted by Crippen LogP contribution is -1.93. The molecular weight excluding hydrogens is 264 g/mol. The summed E-state index contributed by atoms with van der Waals surface area (Å²) < 4.78 is 1.05. The zero-order chi connectivity index (χ0) is 11.5. The number of nitrogens with two attached hydrogens (primary N) is 1. The van der Waals surface area contributed by atoms with Gasteiger partial charge < -0.3 is 11.1 Å². The Hall–Kier alpha value is -1.48. The quantitative estimate of drug-likeness (QED) is 0.811. The van der Waals surface area contributed by atoms with Gasteiger partial charge in [-0.2, -0.15) is 0 Å². The molecule has 2 nitrogen and oxygen atoms in total. The van der Waals surface area contributed by atoms with Crippen LogP contribution in [0.1, 0.15) is 5.56 Å². The Morgan fingerprint density at radius 2 is 1.88 bits per heavy atom. The Bertz CT molecular complexity index is 489. The first-order chi connectivity index (χ1) is 7.63. The number of nitrogens with one attached hydrogen (secondary N) is 1. The van der Waals surface area contributed by atoms with Gasteiger partial charge >= 0.3 is 0 Å². The maximum atomic E-state index is 5.79. The lowest BCUT2D eigenvalue weighted by Gasteiger charge is -2.08. The van der Waals surface area contributed by atoms with E-state index in [2.05, 4.69) is 27.3 Å². The molecule has 0 aromatic heterocycles. The van der Waals surface area contributed by atoms with Crippen LogP contribution in [0.4, 0.5) is 17.1 Å². The monoisotopic (exact) mass is 276 g/mol. The minimum atomic E-state index is 0.775. The molecular formula is C13H13BrN2. The van der Waals surface area contributed by atoms with Crippen molar-refractivity contribution >= 4 is 33.0 Å². The van der Waals surface area contributed by atoms with Crippen molar-refractivity contribution in [3.8, 4) is 0 Å². The molecule has 3 N–H and O–H groups in total. The number of aryl methyl sites for hydroxylation is 1. The Balaban J connectivity index is 2.27. The molecule has 0 radical (unpaired) electrons. The number of benzene rings is 2. The van der Waals surface area contributed by atoms with Crippen molar-refractivity contribution < 1.29 is 0 Å². The topological polar surface area (TPSA) is 38.0 Å². The Morgan fingerprint density at radius 1 is 1.06 bits per heavy atom. The number of nitrogen functional groups attached to an aromatic ring is 1. The van der Waals surface area contributed by atoms with E-state index in [1.807, 2.05) is 43.3 Å². The van der Waals surface area contributed by atoms with Crippen molar-refractivity contribution in [2.75, 3.05) is 11.1 Å². The average molecular weight is 277 g/mol. The van der Waals surface area contributed by atoms with Gasteiger partial charge in [0.25, 0.3) is 0 Å². The number of hydrogen-bond acceptors (Lipinski definition) is 2. The van der Waals surface area contributed by atoms with Crippen molar-refractivity contribution in [2.45, 2.75) is 6.92 Å². The van der Waals surface area contributed by atoms with Crippen LogP contribution in [0.2, 0.25) is 0 Å². The van der Waals surface area contributed by atoms with Crippen LogP contribution in [0.25, 0.3) is 0 Å². The van der Waals surface area contributed by atoms with E-state index in [-0.39, 0.29) is 0 Å². The van der Waals surface area contributed by atoms with Gasteiger partial charge in [0.15, 0.2) is 0 Å². The normalized spacial score (nSPS) is 10.1. The van der Waals surface area contributed by atoms with Crippen molar-refractivity contribution in [2.24, 2.45) is 0 Å². The van der Waals surface area contributed by atoms with Gasteiger partial charge in [0.2, 0.25) is 0 Å². The predicted octanol–water partition coefficient (Wildman–Crippen LogP) is 4.08. The van der Waals surface area contributed by atoms with E-state index in [0.29, 0.717) is 0 Å². The molecule has 0 aliphatic rings. The molecule has 0 saturated heterocycles. The van der Waals surface area contributed by atoms with Gasteiger partial charge in [-0.25, -0.2) is 0 Å². The van der Waals surface area contributed by atoms with E-state index in [1.54, 1.807) is 0 Å². The van der Waals surface area contributed by atoms with Crippen molar-refractivity contribution in [3.05, 3.63) is 52.5 Å². The molecule has 0 amide bonds. The second-order valence-corrected chi connectivity index (χ2v) is 4.68. The van der Waals surface area contributed by atoms with Crippen LogP contribution in [-0.4, -0.2) is 0 Å². The van der Waals surface area contributed by atoms with E-state index in [9.17, 15) is 0 Å². The zero-order valence-electron chi connectivity index (χ0n) is 9.00. The fraction of sp³-hybridized carbons (Fsp3) is 0.0769. The van der Waals surface area contributed by atoms with Gasteiger partial charge in [0.1, 0.15) is 0 Å². The first-order valence-corrected chi connectivity index (χ1v) is 5.82. The van der Waals surface area contributed by atoms with Gasteiger partial charge in [0.05, 0.1) is 0 Å². The van der Waals surface area contributed by atoms with Crippen LogP contribution in [0.3, 0.4) is 0 Å². The SMILES string of the molecule is Cc1cc(N)cc(Nc2cccc(Br)c2)c1. The first-order valence-electron chi connectivity index (χ1n) is 5.03. The average Bonchev–Trinajstić information content (AvgIpc) is 2.15. The van der Waals surface area contributed by atoms with Gasteiger partial charge in [-0.3, -0.25) is 0 Å². The summed E-state index contributed by atoms with van der Waals surface area (Å²) in [5, 5.41) is 3.32. The van der Waals surface area contributed by atoms with Gasteiger partial charge in [-0.15, -0.1) is 0 Å². The van der Waals surface area contributed by atoms with Crippen LogP contribution < -0.4 is 11.1 Å². The fourth-order valence-electron chi connectivity index (χ4n) is 1.62. The summed E-state index contributed by atoms with van der Waals surface area (Å²) in [4.78, 5) is 0. The van der Waals surface area contributed by atoms with E-state index in [1.165, 1.54) is 0 Å². The molecule has 2 aromatic carbocycles. The molecule has 82 valence electrons. The summed E-state index contributed by atoms with van der Waals surface area (Å²) in [6.45, 7) is 2.03. The molecule has 0 aliphatic heterocycles. The van der Waals surface area contributed by atoms with Crippen LogP contribution in [0.5, 0.6) is 0 Å². The highest BCUT2D eigenvalue weighted by Gasteiger charge is 1.97. The van der Waals surface area contributed by atoms with Crippen LogP contribution in [0.15, 0.2) is 46.9 Å². The van der Waals surface area contributed by atoms with E-state index >= 15 is 0 Å². The molecule has 0 heterocycles. The second kappa shape index (κ2) is 4.58. The van der Waals surface area contributed by atoms with E-state index in [4.69, 9.17) is 5.73 Å². The third-order valence-electron chi connectivity index (χ3n) is 2.21. The summed E-state index contributed by atoms with van der Waals surface area (Å²) in [6, 6.07) is 14.0. The summed E-state index contributed by atoms with van der Waals surface area (Å²) in [5.41, 5.74) is 9.77. The zero-order valence-corrected chi connectivity index (χ0v) is 10.6. The lowest BCUT2D eigenvalue weighted by atomic mass is 10.2. The number of halogens is 1. The molecule has 0 spiro atoms. The third-order valence-corrected chi connectivity index (χ3v) is 2.71. The van der Waals surface area contributed by atoms with E-state index < -0.39 is 0 Å². The highest BCUT2D eigenvalue weighted by Crippen LogP contribution is 2.22. The summed E-state index contributed by atoms with van der Waals surface area (Å²) in [7, 11) is 0. The molecule has 0 unspecified atom stereocenters. The smallest absolute Gasteiger partial charge is 0.0407 e. The molecule has 0 bridgehead atoms. The van der Waals surface area contributed by atoms with Gasteiger partial charge in [0, 0.05) is 21.5 Å². The number of hydrogen-bond donors (Lipinski definition) is 2. The molecule has 3 heteroatoms. The second-order valence-electron chi connectivity index (χ2n) is 3.77. The lowest BCUT2D eigenvalue weighted by molar-refractivity contribution is 1.45. The molecule has 0 fully saturated rings. The fourth-order valence-corrected chi connectivity index (χ4v) is 2.02. The Labute approximate surface area is 104 Å². The molecule has 0 aliphatic carbocycles. The van der Waals surface area contributed by atoms with Gasteiger partial charge in [-0.05, 0) is 48.9 Å². The first kappa shape index (κ1) is 11.0. The molecule has 2 aromatic rings. The Kier molecular flexibility index (Phi) is 3.15. The molecule has 2 rings (SSSR count). The van der Waals surface area contributed by atoms with Gasteiger partial charge in [-0.1, -0.05) is 22.0 Å². The molecule has 16 heavy (non-hydrogen) atoms. The summed E-state index contributed by atoms with van der Waals surface area (Å²) >= 11 is 3.44. The largest absolute Gasteiger partial charge is 0.399 e. The third kappa shape index (κ3) is 2.76. The number of rotatable bonds is 2. The minimum Gasteiger partial charge on any atom is -0.399 e. The van der Waals surface area contributed by atoms with Crippen molar-refractivity contribution in [1.82, 2.24) is 0 Å². The van der Waals surface area contributed by atoms with Crippen molar-refractivity contribution in [3.63, 3.8) is 0 Å². The predicted molar refractivity (Wildman–Crippen MR) is 73.0 cm³/mol. The van der Waals surface area contributed by atoms with Crippen molar-refractivity contribution in [1.29, 1.82) is 0 Å². The van der Waals surface area contributed by atoms with Crippen LogP contribution in [0, 0.1) is 6.92 Å². The minimum absolute atomic E-state index is 0.775.